The molecule has 16 heavy (non-hydrogen) atoms. The van der Waals surface area contributed by atoms with Gasteiger partial charge in [0, 0.05) is 28.4 Å². The van der Waals surface area contributed by atoms with Crippen molar-refractivity contribution >= 4 is 38.9 Å². The highest BCUT2D eigenvalue weighted by Crippen LogP contribution is 2.32. The molecule has 1 aromatic heterocycles. The molecular weight excluding hydrogens is 310 g/mol. The molecule has 0 saturated heterocycles. The smallest absolute Gasteiger partial charge is 0.107 e. The van der Waals surface area contributed by atoms with Crippen LogP contribution in [-0.4, -0.2) is 25.8 Å². The van der Waals surface area contributed by atoms with Crippen LogP contribution in [-0.2, 0) is 11.2 Å². The van der Waals surface area contributed by atoms with Crippen LogP contribution in [0.3, 0.4) is 0 Å². The average Bonchev–Trinajstić information content (AvgIpc) is 2.52. The van der Waals surface area contributed by atoms with Crippen molar-refractivity contribution in [2.75, 3.05) is 19.8 Å². The molecule has 0 bridgehead atoms. The van der Waals surface area contributed by atoms with Gasteiger partial charge >= 0.3 is 0 Å². The summed E-state index contributed by atoms with van der Waals surface area (Å²) in [7, 11) is 0. The van der Waals surface area contributed by atoms with Gasteiger partial charge < -0.3 is 10.1 Å². The number of rotatable bonds is 7. The van der Waals surface area contributed by atoms with Crippen LogP contribution in [0.25, 0.3) is 0 Å². The second kappa shape index (κ2) is 7.67. The Morgan fingerprint density at radius 3 is 2.81 bits per heavy atom. The highest BCUT2D eigenvalue weighted by molar-refractivity contribution is 9.10. The zero-order valence-electron chi connectivity index (χ0n) is 9.56. The third kappa shape index (κ3) is 5.64. The van der Waals surface area contributed by atoms with Crippen molar-refractivity contribution < 1.29 is 4.74 Å². The molecule has 1 rings (SSSR count). The van der Waals surface area contributed by atoms with Crippen LogP contribution in [0.15, 0.2) is 10.5 Å². The molecule has 0 fully saturated rings. The predicted octanol–water partition coefficient (Wildman–Crippen LogP) is 3.72. The molecule has 0 unspecified atom stereocenters. The fourth-order valence-corrected chi connectivity index (χ4v) is 2.98. The van der Waals surface area contributed by atoms with Crippen LogP contribution in [0.5, 0.6) is 0 Å². The number of thiophene rings is 1. The third-order valence-electron chi connectivity index (χ3n) is 1.99. The molecule has 2 nitrogen and oxygen atoms in total. The lowest BCUT2D eigenvalue weighted by atomic mass is 10.4. The van der Waals surface area contributed by atoms with Crippen LogP contribution in [0.2, 0.25) is 4.34 Å². The quantitative estimate of drug-likeness (QED) is 0.771. The largest absolute Gasteiger partial charge is 0.380 e. The first-order valence-electron chi connectivity index (χ1n) is 5.34. The Labute approximate surface area is 114 Å². The molecule has 1 heterocycles. The first-order chi connectivity index (χ1) is 7.59. The molecule has 0 radical (unpaired) electrons. The van der Waals surface area contributed by atoms with Crippen molar-refractivity contribution in [2.45, 2.75) is 26.3 Å². The van der Waals surface area contributed by atoms with E-state index in [4.69, 9.17) is 16.3 Å². The molecule has 0 saturated carbocycles. The average molecular weight is 327 g/mol. The van der Waals surface area contributed by atoms with E-state index in [-0.39, 0.29) is 0 Å². The monoisotopic (exact) mass is 325 g/mol. The summed E-state index contributed by atoms with van der Waals surface area (Å²) in [5.74, 6) is 0. The molecule has 1 aromatic rings. The highest BCUT2D eigenvalue weighted by atomic mass is 79.9. The summed E-state index contributed by atoms with van der Waals surface area (Å²) in [5, 5.41) is 3.31. The summed E-state index contributed by atoms with van der Waals surface area (Å²) in [6.07, 6.45) is 0.928. The van der Waals surface area contributed by atoms with Crippen LogP contribution in [0, 0.1) is 0 Å². The van der Waals surface area contributed by atoms with E-state index in [9.17, 15) is 0 Å². The Kier molecular flexibility index (Phi) is 6.92. The number of hydrogen-bond donors (Lipinski definition) is 1. The minimum atomic E-state index is 0.524. The summed E-state index contributed by atoms with van der Waals surface area (Å²) in [4.78, 5) is 1.26. The van der Waals surface area contributed by atoms with Crippen molar-refractivity contribution in [3.63, 3.8) is 0 Å². The lowest BCUT2D eigenvalue weighted by Gasteiger charge is -2.07. The number of nitrogens with one attached hydrogen (secondary N) is 1. The minimum absolute atomic E-state index is 0.524. The van der Waals surface area contributed by atoms with E-state index in [1.807, 2.05) is 0 Å². The van der Waals surface area contributed by atoms with Crippen molar-refractivity contribution in [1.29, 1.82) is 0 Å². The fraction of sp³-hybridized carbons (Fsp3) is 0.636. The maximum atomic E-state index is 5.95. The lowest BCUT2D eigenvalue weighted by molar-refractivity contribution is 0.138. The molecule has 92 valence electrons. The second-order valence-electron chi connectivity index (χ2n) is 3.81. The van der Waals surface area contributed by atoms with E-state index in [1.165, 1.54) is 4.88 Å². The summed E-state index contributed by atoms with van der Waals surface area (Å²) >= 11 is 10.9. The van der Waals surface area contributed by atoms with Crippen LogP contribution < -0.4 is 5.32 Å². The van der Waals surface area contributed by atoms with E-state index in [0.717, 1.165) is 35.0 Å². The summed E-state index contributed by atoms with van der Waals surface area (Å²) in [6, 6.07) is 2.58. The van der Waals surface area contributed by atoms with Crippen molar-refractivity contribution in [2.24, 2.45) is 0 Å². The minimum Gasteiger partial charge on any atom is -0.380 e. The van der Waals surface area contributed by atoms with Gasteiger partial charge in [-0.05, 0) is 22.0 Å². The van der Waals surface area contributed by atoms with Gasteiger partial charge in [-0.1, -0.05) is 25.4 Å². The molecule has 0 aliphatic rings. The van der Waals surface area contributed by atoms with Gasteiger partial charge in [0.25, 0.3) is 0 Å². The molecule has 0 aliphatic heterocycles. The van der Waals surface area contributed by atoms with Gasteiger partial charge in [0.2, 0.25) is 0 Å². The lowest BCUT2D eigenvalue weighted by Crippen LogP contribution is -2.26. The predicted molar refractivity (Wildman–Crippen MR) is 74.7 cm³/mol. The van der Waals surface area contributed by atoms with Gasteiger partial charge in [0.15, 0.2) is 0 Å². The molecule has 0 aliphatic carbocycles. The van der Waals surface area contributed by atoms with Gasteiger partial charge in [-0.3, -0.25) is 0 Å². The maximum Gasteiger partial charge on any atom is 0.107 e. The zero-order chi connectivity index (χ0) is 12.0. The third-order valence-corrected chi connectivity index (χ3v) is 4.52. The number of ether oxygens (including phenoxy) is 1. The Morgan fingerprint density at radius 2 is 2.25 bits per heavy atom. The van der Waals surface area contributed by atoms with Gasteiger partial charge in [0.1, 0.15) is 4.34 Å². The van der Waals surface area contributed by atoms with Crippen LogP contribution >= 0.6 is 38.9 Å². The Morgan fingerprint density at radius 1 is 1.50 bits per heavy atom. The molecule has 0 spiro atoms. The maximum absolute atomic E-state index is 5.95. The summed E-state index contributed by atoms with van der Waals surface area (Å²) < 4.78 is 7.32. The first-order valence-corrected chi connectivity index (χ1v) is 7.33. The summed E-state index contributed by atoms with van der Waals surface area (Å²) in [6.45, 7) is 6.68. The van der Waals surface area contributed by atoms with Gasteiger partial charge in [-0.25, -0.2) is 0 Å². The Bertz CT molecular complexity index is 297. The van der Waals surface area contributed by atoms with Gasteiger partial charge in [-0.2, -0.15) is 0 Å². The zero-order valence-corrected chi connectivity index (χ0v) is 12.7. The molecule has 5 heteroatoms. The molecule has 0 amide bonds. The Balaban J connectivity index is 2.07. The normalized spacial score (nSPS) is 11.3. The number of halogens is 2. The van der Waals surface area contributed by atoms with Crippen molar-refractivity contribution in [3.05, 3.63) is 19.8 Å². The highest BCUT2D eigenvalue weighted by Gasteiger charge is 2.03. The molecule has 0 atom stereocenters. The van der Waals surface area contributed by atoms with E-state index >= 15 is 0 Å². The van der Waals surface area contributed by atoms with Gasteiger partial charge in [0.05, 0.1) is 13.2 Å². The molecular formula is C11H17BrClNOS. The number of hydrogen-bond acceptors (Lipinski definition) is 3. The SMILES string of the molecule is CC(C)NCCOCCc1cc(Br)c(Cl)s1. The first kappa shape index (κ1) is 14.5. The van der Waals surface area contributed by atoms with Crippen molar-refractivity contribution in [1.82, 2.24) is 5.32 Å². The van der Waals surface area contributed by atoms with E-state index < -0.39 is 0 Å². The second-order valence-corrected chi connectivity index (χ2v) is 6.40. The Hall–Kier alpha value is 0.390. The topological polar surface area (TPSA) is 21.3 Å². The van der Waals surface area contributed by atoms with Gasteiger partial charge in [-0.15, -0.1) is 11.3 Å². The summed E-state index contributed by atoms with van der Waals surface area (Å²) in [5.41, 5.74) is 0. The standard InChI is InChI=1S/C11H17BrClNOS/c1-8(2)14-4-6-15-5-3-9-7-10(12)11(13)16-9/h7-8,14H,3-6H2,1-2H3. The fourth-order valence-electron chi connectivity index (χ4n) is 1.21. The molecule has 0 aromatic carbocycles. The van der Waals surface area contributed by atoms with Crippen LogP contribution in [0.1, 0.15) is 18.7 Å². The molecule has 1 N–H and O–H groups in total. The van der Waals surface area contributed by atoms with Crippen molar-refractivity contribution in [3.8, 4) is 0 Å². The van der Waals surface area contributed by atoms with Crippen LogP contribution in [0.4, 0.5) is 0 Å². The van der Waals surface area contributed by atoms with E-state index in [0.29, 0.717) is 6.04 Å². The van der Waals surface area contributed by atoms with E-state index in [1.54, 1.807) is 11.3 Å². The van der Waals surface area contributed by atoms with E-state index in [2.05, 4.69) is 41.2 Å².